The van der Waals surface area contributed by atoms with Crippen LogP contribution in [-0.4, -0.2) is 18.9 Å². The van der Waals surface area contributed by atoms with Crippen LogP contribution >= 0.6 is 0 Å². The Bertz CT molecular complexity index is 380. The third kappa shape index (κ3) is 1.47. The lowest BCUT2D eigenvalue weighted by molar-refractivity contribution is -0.118. The van der Waals surface area contributed by atoms with Gasteiger partial charge >= 0.3 is 0 Å². The Morgan fingerprint density at radius 3 is 2.64 bits per heavy atom. The number of para-hydroxylation sites is 1. The van der Waals surface area contributed by atoms with E-state index in [9.17, 15) is 4.79 Å². The molecule has 2 rings (SSSR count). The summed E-state index contributed by atoms with van der Waals surface area (Å²) in [6.45, 7) is 0.890. The van der Waals surface area contributed by atoms with Gasteiger partial charge in [-0.15, -0.1) is 0 Å². The predicted octanol–water partition coefficient (Wildman–Crippen LogP) is 1.22. The number of anilines is 1. The van der Waals surface area contributed by atoms with Crippen LogP contribution in [-0.2, 0) is 4.79 Å². The molecule has 14 heavy (non-hydrogen) atoms. The SMILES string of the molecule is N#C[C@@H]1CN(c2ccccc2)CC1=O. The summed E-state index contributed by atoms with van der Waals surface area (Å²) in [4.78, 5) is 13.3. The maximum absolute atomic E-state index is 11.3. The number of hydrogen-bond donors (Lipinski definition) is 0. The van der Waals surface area contributed by atoms with Gasteiger partial charge in [-0.3, -0.25) is 4.79 Å². The number of benzene rings is 1. The quantitative estimate of drug-likeness (QED) is 0.662. The van der Waals surface area contributed by atoms with Gasteiger partial charge in [-0.05, 0) is 12.1 Å². The molecule has 1 aliphatic heterocycles. The highest BCUT2D eigenvalue weighted by Gasteiger charge is 2.30. The molecule has 1 saturated heterocycles. The minimum Gasteiger partial charge on any atom is -0.362 e. The first-order valence-electron chi connectivity index (χ1n) is 4.53. The Hall–Kier alpha value is -1.82. The molecule has 0 saturated carbocycles. The molecule has 1 atom stereocenters. The van der Waals surface area contributed by atoms with E-state index >= 15 is 0 Å². The Balaban J connectivity index is 2.18. The van der Waals surface area contributed by atoms with Crippen molar-refractivity contribution in [2.45, 2.75) is 0 Å². The molecule has 1 aromatic carbocycles. The van der Waals surface area contributed by atoms with E-state index in [1.165, 1.54) is 0 Å². The second-order valence-electron chi connectivity index (χ2n) is 3.36. The van der Waals surface area contributed by atoms with Crippen molar-refractivity contribution in [3.63, 3.8) is 0 Å². The average Bonchev–Trinajstić information content (AvgIpc) is 2.61. The fourth-order valence-electron chi connectivity index (χ4n) is 1.63. The van der Waals surface area contributed by atoms with Crippen molar-refractivity contribution in [2.75, 3.05) is 18.0 Å². The number of nitrogens with zero attached hydrogens (tertiary/aromatic N) is 2. The van der Waals surface area contributed by atoms with Crippen molar-refractivity contribution in [3.8, 4) is 6.07 Å². The minimum atomic E-state index is -0.449. The number of Topliss-reactive ketones (excluding diaryl/α,β-unsaturated/α-hetero) is 1. The molecule has 3 nitrogen and oxygen atoms in total. The Morgan fingerprint density at radius 1 is 1.36 bits per heavy atom. The lowest BCUT2D eigenvalue weighted by atomic mass is 10.1. The highest BCUT2D eigenvalue weighted by Crippen LogP contribution is 2.20. The van der Waals surface area contributed by atoms with Gasteiger partial charge in [0.25, 0.3) is 0 Å². The van der Waals surface area contributed by atoms with E-state index < -0.39 is 5.92 Å². The Morgan fingerprint density at radius 2 is 2.07 bits per heavy atom. The van der Waals surface area contributed by atoms with Gasteiger partial charge < -0.3 is 4.90 Å². The molecular weight excluding hydrogens is 176 g/mol. The summed E-state index contributed by atoms with van der Waals surface area (Å²) in [5, 5.41) is 8.70. The molecule has 0 unspecified atom stereocenters. The second kappa shape index (κ2) is 3.51. The van der Waals surface area contributed by atoms with Crippen molar-refractivity contribution in [1.29, 1.82) is 5.26 Å². The van der Waals surface area contributed by atoms with E-state index in [1.54, 1.807) is 0 Å². The van der Waals surface area contributed by atoms with Gasteiger partial charge in [-0.2, -0.15) is 5.26 Å². The van der Waals surface area contributed by atoms with Gasteiger partial charge in [-0.25, -0.2) is 0 Å². The van der Waals surface area contributed by atoms with Crippen molar-refractivity contribution >= 4 is 11.5 Å². The number of carbonyl (C=O) groups excluding carboxylic acids is 1. The molecule has 3 heteroatoms. The van der Waals surface area contributed by atoms with Crippen LogP contribution in [0.25, 0.3) is 0 Å². The molecule has 1 heterocycles. The van der Waals surface area contributed by atoms with E-state index in [4.69, 9.17) is 5.26 Å². The fraction of sp³-hybridized carbons (Fsp3) is 0.273. The maximum Gasteiger partial charge on any atom is 0.170 e. The predicted molar refractivity (Wildman–Crippen MR) is 52.8 cm³/mol. The largest absolute Gasteiger partial charge is 0.362 e. The molecule has 0 bridgehead atoms. The van der Waals surface area contributed by atoms with Crippen LogP contribution in [0.5, 0.6) is 0 Å². The van der Waals surface area contributed by atoms with Crippen LogP contribution in [0.1, 0.15) is 0 Å². The molecule has 0 amide bonds. The monoisotopic (exact) mass is 186 g/mol. The fourth-order valence-corrected chi connectivity index (χ4v) is 1.63. The number of rotatable bonds is 1. The molecule has 0 aromatic heterocycles. The summed E-state index contributed by atoms with van der Waals surface area (Å²) in [6.07, 6.45) is 0. The Kier molecular flexibility index (Phi) is 2.19. The van der Waals surface area contributed by atoms with Gasteiger partial charge in [-0.1, -0.05) is 18.2 Å². The lowest BCUT2D eigenvalue weighted by Crippen LogP contribution is -2.19. The van der Waals surface area contributed by atoms with Crippen LogP contribution in [0.3, 0.4) is 0 Å². The highest BCUT2D eigenvalue weighted by molar-refractivity contribution is 5.91. The maximum atomic E-state index is 11.3. The zero-order valence-corrected chi connectivity index (χ0v) is 7.68. The highest BCUT2D eigenvalue weighted by atomic mass is 16.1. The number of hydrogen-bond acceptors (Lipinski definition) is 3. The Labute approximate surface area is 82.6 Å². The molecule has 1 fully saturated rings. The zero-order chi connectivity index (χ0) is 9.97. The van der Waals surface area contributed by atoms with Crippen molar-refractivity contribution < 1.29 is 4.79 Å². The summed E-state index contributed by atoms with van der Waals surface area (Å²) < 4.78 is 0. The first-order valence-corrected chi connectivity index (χ1v) is 4.53. The van der Waals surface area contributed by atoms with Gasteiger partial charge in [0.2, 0.25) is 0 Å². The number of nitriles is 1. The van der Waals surface area contributed by atoms with Crippen molar-refractivity contribution in [2.24, 2.45) is 5.92 Å². The van der Waals surface area contributed by atoms with E-state index in [2.05, 4.69) is 0 Å². The smallest absolute Gasteiger partial charge is 0.170 e. The van der Waals surface area contributed by atoms with Crippen molar-refractivity contribution in [1.82, 2.24) is 0 Å². The summed E-state index contributed by atoms with van der Waals surface area (Å²) >= 11 is 0. The molecule has 0 aliphatic carbocycles. The molecule has 0 N–H and O–H groups in total. The van der Waals surface area contributed by atoms with Crippen LogP contribution < -0.4 is 4.90 Å². The van der Waals surface area contributed by atoms with Crippen LogP contribution in [0.15, 0.2) is 30.3 Å². The molecule has 0 radical (unpaired) electrons. The topological polar surface area (TPSA) is 44.1 Å². The van der Waals surface area contributed by atoms with Crippen LogP contribution in [0.4, 0.5) is 5.69 Å². The molecule has 1 aliphatic rings. The second-order valence-corrected chi connectivity index (χ2v) is 3.36. The van der Waals surface area contributed by atoms with Crippen LogP contribution in [0.2, 0.25) is 0 Å². The lowest BCUT2D eigenvalue weighted by Gasteiger charge is -2.15. The third-order valence-electron chi connectivity index (χ3n) is 2.42. The number of ketones is 1. The van der Waals surface area contributed by atoms with E-state index in [-0.39, 0.29) is 5.78 Å². The van der Waals surface area contributed by atoms with Gasteiger partial charge in [0.05, 0.1) is 12.6 Å². The van der Waals surface area contributed by atoms with Gasteiger partial charge in [0.15, 0.2) is 5.78 Å². The number of carbonyl (C=O) groups is 1. The summed E-state index contributed by atoms with van der Waals surface area (Å²) in [7, 11) is 0. The summed E-state index contributed by atoms with van der Waals surface area (Å²) in [5.41, 5.74) is 1.01. The standard InChI is InChI=1S/C11H10N2O/c12-6-9-7-13(8-11(9)14)10-4-2-1-3-5-10/h1-5,9H,7-8H2/t9-/m1/s1. The molecule has 0 spiro atoms. The normalized spacial score (nSPS) is 20.9. The minimum absolute atomic E-state index is 0.0244. The molecule has 1 aromatic rings. The molecule has 70 valence electrons. The zero-order valence-electron chi connectivity index (χ0n) is 7.68. The van der Waals surface area contributed by atoms with Crippen LogP contribution in [0, 0.1) is 17.2 Å². The van der Waals surface area contributed by atoms with E-state index in [0.29, 0.717) is 13.1 Å². The van der Waals surface area contributed by atoms with E-state index in [1.807, 2.05) is 41.3 Å². The third-order valence-corrected chi connectivity index (χ3v) is 2.42. The molecular formula is C11H10N2O. The summed E-state index contributed by atoms with van der Waals surface area (Å²) in [5.74, 6) is -0.424. The van der Waals surface area contributed by atoms with Gasteiger partial charge in [0.1, 0.15) is 5.92 Å². The van der Waals surface area contributed by atoms with E-state index in [0.717, 1.165) is 5.69 Å². The summed E-state index contributed by atoms with van der Waals surface area (Å²) in [6, 6.07) is 11.7. The first-order chi connectivity index (χ1) is 6.81. The average molecular weight is 186 g/mol. The van der Waals surface area contributed by atoms with Crippen molar-refractivity contribution in [3.05, 3.63) is 30.3 Å². The first kappa shape index (κ1) is 8.76. The van der Waals surface area contributed by atoms with Gasteiger partial charge in [0, 0.05) is 12.2 Å².